The lowest BCUT2D eigenvalue weighted by atomic mass is 10.1. The summed E-state index contributed by atoms with van der Waals surface area (Å²) in [7, 11) is -1.37. The fraction of sp³-hybridized carbons (Fsp3) is 0.800. The van der Waals surface area contributed by atoms with Crippen LogP contribution in [0.5, 0.6) is 0 Å². The number of hydrogen-bond acceptors (Lipinski definition) is 5. The number of likely N-dealkylation sites (N-methyl/N-ethyl adjacent to an activating group) is 1. The van der Waals surface area contributed by atoms with E-state index in [9.17, 15) is 18.0 Å². The van der Waals surface area contributed by atoms with E-state index in [0.717, 1.165) is 4.31 Å². The van der Waals surface area contributed by atoms with Gasteiger partial charge in [-0.25, -0.2) is 8.42 Å². The number of sulfonamides is 1. The van der Waals surface area contributed by atoms with Crippen LogP contribution in [0.3, 0.4) is 0 Å². The lowest BCUT2D eigenvalue weighted by Crippen LogP contribution is -2.42. The number of ether oxygens (including phenoxy) is 1. The minimum Gasteiger partial charge on any atom is -0.481 e. The van der Waals surface area contributed by atoms with E-state index in [2.05, 4.69) is 4.74 Å². The average molecular weight is 279 g/mol. The van der Waals surface area contributed by atoms with Crippen molar-refractivity contribution in [2.24, 2.45) is 5.92 Å². The molecule has 0 aromatic heterocycles. The summed E-state index contributed by atoms with van der Waals surface area (Å²) < 4.78 is 29.6. The second-order valence-corrected chi connectivity index (χ2v) is 6.55. The van der Waals surface area contributed by atoms with E-state index in [1.165, 1.54) is 14.2 Å². The molecule has 1 saturated carbocycles. The molecule has 0 radical (unpaired) electrons. The van der Waals surface area contributed by atoms with Crippen LogP contribution in [0, 0.1) is 5.92 Å². The minimum atomic E-state index is -3.79. The molecule has 0 aliphatic heterocycles. The zero-order valence-electron chi connectivity index (χ0n) is 10.3. The molecule has 8 heteroatoms. The molecule has 7 nitrogen and oxygen atoms in total. The highest BCUT2D eigenvalue weighted by Gasteiger charge is 2.43. The van der Waals surface area contributed by atoms with E-state index in [1.54, 1.807) is 0 Å². The van der Waals surface area contributed by atoms with Crippen LogP contribution < -0.4 is 0 Å². The van der Waals surface area contributed by atoms with Gasteiger partial charge in [0.2, 0.25) is 10.0 Å². The summed E-state index contributed by atoms with van der Waals surface area (Å²) >= 11 is 0. The largest absolute Gasteiger partial charge is 0.481 e. The average Bonchev–Trinajstić information content (AvgIpc) is 2.78. The van der Waals surface area contributed by atoms with Crippen molar-refractivity contribution in [2.75, 3.05) is 20.7 Å². The van der Waals surface area contributed by atoms with Gasteiger partial charge in [-0.2, -0.15) is 4.31 Å². The summed E-state index contributed by atoms with van der Waals surface area (Å²) in [6.07, 6.45) is 1.23. The molecule has 2 atom stereocenters. The summed E-state index contributed by atoms with van der Waals surface area (Å²) in [6, 6.07) is 0. The maximum Gasteiger partial charge on any atom is 0.320 e. The molecule has 0 aromatic rings. The van der Waals surface area contributed by atoms with E-state index in [-0.39, 0.29) is 0 Å². The maximum atomic E-state index is 12.2. The van der Waals surface area contributed by atoms with Gasteiger partial charge in [0.25, 0.3) is 0 Å². The van der Waals surface area contributed by atoms with Crippen molar-refractivity contribution < 1.29 is 27.9 Å². The summed E-state index contributed by atoms with van der Waals surface area (Å²) in [6.45, 7) is -0.401. The Labute approximate surface area is 106 Å². The molecule has 1 rings (SSSR count). The molecule has 0 aromatic carbocycles. The third-order valence-electron chi connectivity index (χ3n) is 3.17. The Morgan fingerprint density at radius 1 is 1.39 bits per heavy atom. The SMILES string of the molecule is COC(=O)CN(C)S(=O)(=O)C1CCCC1C(=O)O. The van der Waals surface area contributed by atoms with Gasteiger partial charge in [-0.15, -0.1) is 0 Å². The number of carbonyl (C=O) groups excluding carboxylic acids is 1. The lowest BCUT2D eigenvalue weighted by molar-refractivity contribution is -0.141. The van der Waals surface area contributed by atoms with Gasteiger partial charge in [0.1, 0.15) is 6.54 Å². The van der Waals surface area contributed by atoms with Crippen molar-refractivity contribution in [3.8, 4) is 0 Å². The van der Waals surface area contributed by atoms with E-state index in [4.69, 9.17) is 5.11 Å². The molecule has 0 saturated heterocycles. The predicted molar refractivity (Wildman–Crippen MR) is 62.3 cm³/mol. The molecule has 1 aliphatic carbocycles. The highest BCUT2D eigenvalue weighted by molar-refractivity contribution is 7.89. The third-order valence-corrected chi connectivity index (χ3v) is 5.49. The Kier molecular flexibility index (Phi) is 4.69. The fourth-order valence-electron chi connectivity index (χ4n) is 2.13. The number of esters is 1. The topological polar surface area (TPSA) is 101 Å². The van der Waals surface area contributed by atoms with Crippen molar-refractivity contribution in [1.82, 2.24) is 4.31 Å². The second kappa shape index (κ2) is 5.66. The Morgan fingerprint density at radius 2 is 2.00 bits per heavy atom. The second-order valence-electron chi connectivity index (χ2n) is 4.29. The normalized spacial score (nSPS) is 24.2. The molecule has 0 spiro atoms. The molecule has 18 heavy (non-hydrogen) atoms. The molecule has 0 amide bonds. The van der Waals surface area contributed by atoms with Crippen LogP contribution in [0.25, 0.3) is 0 Å². The third kappa shape index (κ3) is 2.99. The molecule has 1 aliphatic rings. The van der Waals surface area contributed by atoms with E-state index in [1.807, 2.05) is 0 Å². The van der Waals surface area contributed by atoms with Crippen LogP contribution in [0.4, 0.5) is 0 Å². The first kappa shape index (κ1) is 14.9. The van der Waals surface area contributed by atoms with Crippen molar-refractivity contribution in [3.63, 3.8) is 0 Å². The quantitative estimate of drug-likeness (QED) is 0.692. The highest BCUT2D eigenvalue weighted by atomic mass is 32.2. The number of aliphatic carboxylic acids is 1. The Hall–Kier alpha value is -1.15. The van der Waals surface area contributed by atoms with Gasteiger partial charge in [-0.3, -0.25) is 9.59 Å². The van der Waals surface area contributed by atoms with Crippen LogP contribution >= 0.6 is 0 Å². The fourth-order valence-corrected chi connectivity index (χ4v) is 4.01. The number of carbonyl (C=O) groups is 2. The Bertz CT molecular complexity index is 432. The number of carboxylic acid groups (broad SMARTS) is 1. The maximum absolute atomic E-state index is 12.2. The smallest absolute Gasteiger partial charge is 0.320 e. The van der Waals surface area contributed by atoms with Crippen molar-refractivity contribution in [3.05, 3.63) is 0 Å². The zero-order valence-corrected chi connectivity index (χ0v) is 11.1. The van der Waals surface area contributed by atoms with Gasteiger partial charge in [0.15, 0.2) is 0 Å². The Morgan fingerprint density at radius 3 is 2.50 bits per heavy atom. The van der Waals surface area contributed by atoms with Crippen molar-refractivity contribution in [2.45, 2.75) is 24.5 Å². The number of nitrogens with zero attached hydrogens (tertiary/aromatic N) is 1. The van der Waals surface area contributed by atoms with Gasteiger partial charge in [0, 0.05) is 7.05 Å². The van der Waals surface area contributed by atoms with Crippen LogP contribution in [-0.4, -0.2) is 55.7 Å². The molecular formula is C10H17NO6S. The number of methoxy groups -OCH3 is 1. The number of hydrogen-bond donors (Lipinski definition) is 1. The standard InChI is InChI=1S/C10H17NO6S/c1-11(6-9(12)17-2)18(15,16)8-5-3-4-7(8)10(13)14/h7-8H,3-6H2,1-2H3,(H,13,14). The molecule has 104 valence electrons. The summed E-state index contributed by atoms with van der Waals surface area (Å²) in [5, 5.41) is 8.03. The predicted octanol–water partition coefficient (Wildman–Crippen LogP) is -0.326. The Balaban J connectivity index is 2.85. The molecule has 0 bridgehead atoms. The monoisotopic (exact) mass is 279 g/mol. The van der Waals surface area contributed by atoms with Crippen molar-refractivity contribution >= 4 is 22.0 Å². The molecule has 1 fully saturated rings. The van der Waals surface area contributed by atoms with Crippen LogP contribution in [0.15, 0.2) is 0 Å². The van der Waals surface area contributed by atoms with Crippen LogP contribution in [0.2, 0.25) is 0 Å². The van der Waals surface area contributed by atoms with Gasteiger partial charge >= 0.3 is 11.9 Å². The molecule has 2 unspecified atom stereocenters. The first-order valence-corrected chi connectivity index (χ1v) is 7.05. The van der Waals surface area contributed by atoms with Crippen molar-refractivity contribution in [1.29, 1.82) is 0 Å². The van der Waals surface area contributed by atoms with Crippen LogP contribution in [-0.2, 0) is 24.3 Å². The summed E-state index contributed by atoms with van der Waals surface area (Å²) in [5.41, 5.74) is 0. The van der Waals surface area contributed by atoms with Gasteiger partial charge in [-0.1, -0.05) is 6.42 Å². The summed E-state index contributed by atoms with van der Waals surface area (Å²) in [5.74, 6) is -2.67. The van der Waals surface area contributed by atoms with Gasteiger partial charge in [0.05, 0.1) is 18.3 Å². The van der Waals surface area contributed by atoms with E-state index < -0.39 is 39.7 Å². The lowest BCUT2D eigenvalue weighted by Gasteiger charge is -2.23. The van der Waals surface area contributed by atoms with Gasteiger partial charge in [-0.05, 0) is 12.8 Å². The van der Waals surface area contributed by atoms with Crippen LogP contribution in [0.1, 0.15) is 19.3 Å². The minimum absolute atomic E-state index is 0.310. The van der Waals surface area contributed by atoms with E-state index in [0.29, 0.717) is 19.3 Å². The highest BCUT2D eigenvalue weighted by Crippen LogP contribution is 2.32. The molecule has 1 N–H and O–H groups in total. The van der Waals surface area contributed by atoms with Gasteiger partial charge < -0.3 is 9.84 Å². The first-order valence-electron chi connectivity index (χ1n) is 5.55. The van der Waals surface area contributed by atoms with E-state index >= 15 is 0 Å². The first-order chi connectivity index (χ1) is 8.30. The molecular weight excluding hydrogens is 262 g/mol. The molecule has 0 heterocycles. The number of rotatable bonds is 5. The zero-order chi connectivity index (χ0) is 13.9. The number of carboxylic acids is 1. The summed E-state index contributed by atoms with van der Waals surface area (Å²) in [4.78, 5) is 22.0.